The third kappa shape index (κ3) is 3.58. The van der Waals surface area contributed by atoms with Gasteiger partial charge in [0.05, 0.1) is 0 Å². The molecule has 3 saturated carbocycles. The van der Waals surface area contributed by atoms with Gasteiger partial charge in [-0.2, -0.15) is 0 Å². The van der Waals surface area contributed by atoms with Crippen molar-refractivity contribution in [1.29, 1.82) is 0 Å². The fraction of sp³-hybridized carbons (Fsp3) is 0.750. The van der Waals surface area contributed by atoms with Gasteiger partial charge in [0, 0.05) is 0 Å². The van der Waals surface area contributed by atoms with Crippen LogP contribution in [0.2, 0.25) is 0 Å². The summed E-state index contributed by atoms with van der Waals surface area (Å²) in [5.74, 6) is 2.52. The Kier molecular flexibility index (Phi) is 5.60. The highest BCUT2D eigenvalue weighted by Crippen LogP contribution is 2.46. The molecule has 0 heteroatoms. The van der Waals surface area contributed by atoms with Crippen molar-refractivity contribution in [3.8, 4) is 0 Å². The van der Waals surface area contributed by atoms with Crippen LogP contribution in [-0.4, -0.2) is 0 Å². The summed E-state index contributed by atoms with van der Waals surface area (Å²) in [6.07, 6.45) is 21.7. The van der Waals surface area contributed by atoms with Crippen LogP contribution in [-0.2, 0) is 0 Å². The minimum Gasteiger partial charge on any atom is -0.0578 e. The molecule has 3 aliphatic rings. The number of rotatable bonds is 3. The Labute approximate surface area is 149 Å². The second-order valence-electron chi connectivity index (χ2n) is 8.77. The van der Waals surface area contributed by atoms with E-state index >= 15 is 0 Å². The molecule has 1 aromatic rings. The van der Waals surface area contributed by atoms with Gasteiger partial charge >= 0.3 is 0 Å². The molecule has 0 unspecified atom stereocenters. The summed E-state index contributed by atoms with van der Waals surface area (Å²) in [5, 5.41) is 0. The molecule has 0 spiro atoms. The van der Waals surface area contributed by atoms with Crippen LogP contribution in [0.3, 0.4) is 0 Å². The lowest BCUT2D eigenvalue weighted by Crippen LogP contribution is -2.17. The van der Waals surface area contributed by atoms with Crippen molar-refractivity contribution in [3.05, 3.63) is 34.9 Å². The van der Waals surface area contributed by atoms with E-state index in [1.54, 1.807) is 11.1 Å². The Bertz CT molecular complexity index is 475. The predicted octanol–water partition coefficient (Wildman–Crippen LogP) is 7.63. The number of hydrogen-bond donors (Lipinski definition) is 0. The molecule has 1 radical (unpaired) electrons. The highest BCUT2D eigenvalue weighted by atomic mass is 14.3. The van der Waals surface area contributed by atoms with Crippen LogP contribution in [0.1, 0.15) is 131 Å². The first-order valence-corrected chi connectivity index (χ1v) is 11.0. The van der Waals surface area contributed by atoms with Crippen molar-refractivity contribution in [2.24, 2.45) is 0 Å². The van der Waals surface area contributed by atoms with Crippen LogP contribution in [0.4, 0.5) is 0 Å². The van der Waals surface area contributed by atoms with Crippen LogP contribution >= 0.6 is 0 Å². The second kappa shape index (κ2) is 8.07. The van der Waals surface area contributed by atoms with Crippen molar-refractivity contribution in [3.63, 3.8) is 0 Å². The minimum absolute atomic E-state index is 0.819. The van der Waals surface area contributed by atoms with E-state index in [-0.39, 0.29) is 0 Å². The average Bonchev–Trinajstić information content (AvgIpc) is 2.69. The Balaban J connectivity index is 1.71. The standard InChI is InChI=1S/C24H35/c1-4-11-19(12-5-1)22-17-10-18-23(20-13-6-2-7-14-20)24(22)21-15-8-3-9-16-21/h10,17,19-21H,1-9,11-16H2. The van der Waals surface area contributed by atoms with Gasteiger partial charge in [-0.3, -0.25) is 0 Å². The first-order valence-electron chi connectivity index (χ1n) is 11.0. The quantitative estimate of drug-likeness (QED) is 0.536. The monoisotopic (exact) mass is 323 g/mol. The highest BCUT2D eigenvalue weighted by molar-refractivity contribution is 5.42. The van der Waals surface area contributed by atoms with Crippen LogP contribution in [0.15, 0.2) is 12.1 Å². The summed E-state index contributed by atoms with van der Waals surface area (Å²) in [7, 11) is 0. The van der Waals surface area contributed by atoms with Crippen molar-refractivity contribution in [1.82, 2.24) is 0 Å². The lowest BCUT2D eigenvalue weighted by Gasteiger charge is -2.34. The molecule has 0 aliphatic heterocycles. The summed E-state index contributed by atoms with van der Waals surface area (Å²) in [5.41, 5.74) is 5.25. The molecule has 0 atom stereocenters. The molecule has 0 amide bonds. The van der Waals surface area contributed by atoms with Gasteiger partial charge in [0.25, 0.3) is 0 Å². The molecular formula is C24H35. The van der Waals surface area contributed by atoms with E-state index in [4.69, 9.17) is 0 Å². The average molecular weight is 324 g/mol. The fourth-order valence-electron chi connectivity index (χ4n) is 5.89. The fourth-order valence-corrected chi connectivity index (χ4v) is 5.89. The minimum atomic E-state index is 0.819. The van der Waals surface area contributed by atoms with Gasteiger partial charge in [-0.15, -0.1) is 0 Å². The summed E-state index contributed by atoms with van der Waals surface area (Å²) in [4.78, 5) is 0. The van der Waals surface area contributed by atoms with E-state index < -0.39 is 0 Å². The van der Waals surface area contributed by atoms with Crippen molar-refractivity contribution in [2.75, 3.05) is 0 Å². The molecule has 131 valence electrons. The van der Waals surface area contributed by atoms with E-state index in [1.165, 1.54) is 96.3 Å². The third-order valence-electron chi connectivity index (χ3n) is 7.17. The lowest BCUT2D eigenvalue weighted by molar-refractivity contribution is 0.404. The largest absolute Gasteiger partial charge is 0.0578 e. The molecule has 0 saturated heterocycles. The van der Waals surface area contributed by atoms with E-state index in [2.05, 4.69) is 18.2 Å². The number of hydrogen-bond acceptors (Lipinski definition) is 0. The number of benzene rings is 1. The van der Waals surface area contributed by atoms with Gasteiger partial charge in [0.1, 0.15) is 0 Å². The second-order valence-corrected chi connectivity index (χ2v) is 8.77. The molecule has 4 rings (SSSR count). The molecular weight excluding hydrogens is 288 g/mol. The highest BCUT2D eigenvalue weighted by Gasteiger charge is 2.29. The van der Waals surface area contributed by atoms with Crippen LogP contribution in [0, 0.1) is 6.07 Å². The van der Waals surface area contributed by atoms with E-state index in [1.807, 2.05) is 5.56 Å². The SMILES string of the molecule is [c]1ccc(C2CCCCC2)c(C2CCCCC2)c1C1CCCCC1. The molecule has 0 heterocycles. The van der Waals surface area contributed by atoms with E-state index in [0.717, 1.165) is 17.8 Å². The maximum absolute atomic E-state index is 3.78. The Hall–Kier alpha value is -0.780. The van der Waals surface area contributed by atoms with Gasteiger partial charge in [0.2, 0.25) is 0 Å². The Morgan fingerprint density at radius 1 is 0.583 bits per heavy atom. The van der Waals surface area contributed by atoms with Crippen LogP contribution < -0.4 is 0 Å². The molecule has 1 aromatic carbocycles. The zero-order valence-corrected chi connectivity index (χ0v) is 15.5. The van der Waals surface area contributed by atoms with Gasteiger partial charge in [-0.05, 0) is 79.0 Å². The van der Waals surface area contributed by atoms with Gasteiger partial charge in [-0.25, -0.2) is 0 Å². The Morgan fingerprint density at radius 3 is 1.67 bits per heavy atom. The van der Waals surface area contributed by atoms with Crippen LogP contribution in [0.25, 0.3) is 0 Å². The zero-order valence-electron chi connectivity index (χ0n) is 15.5. The molecule has 3 aliphatic carbocycles. The first kappa shape index (κ1) is 16.7. The molecule has 3 fully saturated rings. The van der Waals surface area contributed by atoms with Crippen molar-refractivity contribution >= 4 is 0 Å². The smallest absolute Gasteiger partial charge is 0.0143 e. The molecule has 0 bridgehead atoms. The third-order valence-corrected chi connectivity index (χ3v) is 7.17. The van der Waals surface area contributed by atoms with Crippen molar-refractivity contribution in [2.45, 2.75) is 114 Å². The van der Waals surface area contributed by atoms with Crippen molar-refractivity contribution < 1.29 is 0 Å². The molecule has 0 aromatic heterocycles. The topological polar surface area (TPSA) is 0 Å². The van der Waals surface area contributed by atoms with Gasteiger partial charge < -0.3 is 0 Å². The van der Waals surface area contributed by atoms with E-state index in [9.17, 15) is 0 Å². The van der Waals surface area contributed by atoms with E-state index in [0.29, 0.717) is 0 Å². The van der Waals surface area contributed by atoms with Gasteiger partial charge in [0.15, 0.2) is 0 Å². The summed E-state index contributed by atoms with van der Waals surface area (Å²) >= 11 is 0. The van der Waals surface area contributed by atoms with Crippen LogP contribution in [0.5, 0.6) is 0 Å². The summed E-state index contributed by atoms with van der Waals surface area (Å²) < 4.78 is 0. The molecule has 0 nitrogen and oxygen atoms in total. The van der Waals surface area contributed by atoms with Gasteiger partial charge in [-0.1, -0.05) is 69.9 Å². The summed E-state index contributed by atoms with van der Waals surface area (Å²) in [6.45, 7) is 0. The molecule has 0 N–H and O–H groups in total. The maximum atomic E-state index is 3.78. The first-order chi connectivity index (χ1) is 11.9. The normalized spacial score (nSPS) is 25.0. The summed E-state index contributed by atoms with van der Waals surface area (Å²) in [6, 6.07) is 8.55. The Morgan fingerprint density at radius 2 is 1.08 bits per heavy atom. The maximum Gasteiger partial charge on any atom is -0.0143 e. The predicted molar refractivity (Wildman–Crippen MR) is 103 cm³/mol. The lowest BCUT2D eigenvalue weighted by atomic mass is 9.71. The molecule has 24 heavy (non-hydrogen) atoms. The zero-order chi connectivity index (χ0) is 16.2.